The third kappa shape index (κ3) is 4.44. The average Bonchev–Trinajstić information content (AvgIpc) is 2.61. The Bertz CT molecular complexity index is 766. The van der Waals surface area contributed by atoms with Gasteiger partial charge in [-0.25, -0.2) is 0 Å². The van der Waals surface area contributed by atoms with Gasteiger partial charge in [0.1, 0.15) is 13.2 Å². The SMILES string of the molecule is C[C@H](C(=O)Nc1ccc2c(c1)OCCO2)N(C)Cc1cccc(Cl)c1. The number of fused-ring (bicyclic) bond motifs is 1. The molecule has 5 nitrogen and oxygen atoms in total. The molecule has 0 radical (unpaired) electrons. The summed E-state index contributed by atoms with van der Waals surface area (Å²) < 4.78 is 11.0. The van der Waals surface area contributed by atoms with Crippen LogP contribution >= 0.6 is 11.6 Å². The Morgan fingerprint density at radius 1 is 1.20 bits per heavy atom. The second-order valence-corrected chi connectivity index (χ2v) is 6.51. The summed E-state index contributed by atoms with van der Waals surface area (Å²) in [7, 11) is 1.91. The normalized spacial score (nSPS) is 14.2. The number of rotatable bonds is 5. The van der Waals surface area contributed by atoms with Gasteiger partial charge in [-0.2, -0.15) is 0 Å². The van der Waals surface area contributed by atoms with E-state index < -0.39 is 0 Å². The van der Waals surface area contributed by atoms with Gasteiger partial charge in [-0.15, -0.1) is 0 Å². The van der Waals surface area contributed by atoms with Crippen molar-refractivity contribution in [3.8, 4) is 11.5 Å². The van der Waals surface area contributed by atoms with E-state index in [2.05, 4.69) is 5.32 Å². The van der Waals surface area contributed by atoms with E-state index in [-0.39, 0.29) is 11.9 Å². The minimum absolute atomic E-state index is 0.0822. The summed E-state index contributed by atoms with van der Waals surface area (Å²) in [5, 5.41) is 3.62. The molecule has 132 valence electrons. The van der Waals surface area contributed by atoms with Crippen LogP contribution in [-0.4, -0.2) is 37.1 Å². The zero-order chi connectivity index (χ0) is 17.8. The number of nitrogens with one attached hydrogen (secondary N) is 1. The van der Waals surface area contributed by atoms with Crippen LogP contribution in [0.25, 0.3) is 0 Å². The van der Waals surface area contributed by atoms with E-state index in [0.717, 1.165) is 5.56 Å². The molecule has 1 aliphatic rings. The standard InChI is InChI=1S/C19H21ClN2O3/c1-13(22(2)12-14-4-3-5-15(20)10-14)19(23)21-16-6-7-17-18(11-16)25-9-8-24-17/h3-7,10-11,13H,8-9,12H2,1-2H3,(H,21,23)/t13-/m1/s1. The van der Waals surface area contributed by atoms with Gasteiger partial charge in [0.25, 0.3) is 0 Å². The Morgan fingerprint density at radius 3 is 2.72 bits per heavy atom. The van der Waals surface area contributed by atoms with Crippen LogP contribution in [0.3, 0.4) is 0 Å². The van der Waals surface area contributed by atoms with Gasteiger partial charge >= 0.3 is 0 Å². The maximum Gasteiger partial charge on any atom is 0.241 e. The number of halogens is 1. The molecule has 0 aliphatic carbocycles. The molecule has 0 fully saturated rings. The molecule has 0 bridgehead atoms. The molecule has 0 aromatic heterocycles. The summed E-state index contributed by atoms with van der Waals surface area (Å²) in [6.45, 7) is 3.57. The monoisotopic (exact) mass is 360 g/mol. The van der Waals surface area contributed by atoms with Gasteiger partial charge in [0.05, 0.1) is 6.04 Å². The molecule has 0 saturated heterocycles. The number of anilines is 1. The van der Waals surface area contributed by atoms with Crippen LogP contribution in [0.1, 0.15) is 12.5 Å². The minimum atomic E-state index is -0.299. The topological polar surface area (TPSA) is 50.8 Å². The van der Waals surface area contributed by atoms with E-state index >= 15 is 0 Å². The van der Waals surface area contributed by atoms with Gasteiger partial charge in [0.2, 0.25) is 5.91 Å². The molecular weight excluding hydrogens is 340 g/mol. The Morgan fingerprint density at radius 2 is 1.96 bits per heavy atom. The Hall–Kier alpha value is -2.24. The van der Waals surface area contributed by atoms with Crippen molar-refractivity contribution >= 4 is 23.2 Å². The zero-order valence-electron chi connectivity index (χ0n) is 14.3. The van der Waals surface area contributed by atoms with Crippen molar-refractivity contribution in [2.24, 2.45) is 0 Å². The lowest BCUT2D eigenvalue weighted by Gasteiger charge is -2.24. The highest BCUT2D eigenvalue weighted by atomic mass is 35.5. The molecule has 0 spiro atoms. The fourth-order valence-electron chi connectivity index (χ4n) is 2.63. The van der Waals surface area contributed by atoms with Crippen molar-refractivity contribution in [3.63, 3.8) is 0 Å². The van der Waals surface area contributed by atoms with Crippen LogP contribution in [0.4, 0.5) is 5.69 Å². The lowest BCUT2D eigenvalue weighted by molar-refractivity contribution is -0.120. The van der Waals surface area contributed by atoms with Crippen LogP contribution < -0.4 is 14.8 Å². The minimum Gasteiger partial charge on any atom is -0.486 e. The number of likely N-dealkylation sites (N-methyl/N-ethyl adjacent to an activating group) is 1. The van der Waals surface area contributed by atoms with E-state index in [9.17, 15) is 4.79 Å². The van der Waals surface area contributed by atoms with Gasteiger partial charge in [-0.05, 0) is 43.8 Å². The summed E-state index contributed by atoms with van der Waals surface area (Å²) >= 11 is 6.02. The molecule has 25 heavy (non-hydrogen) atoms. The van der Waals surface area contributed by atoms with Crippen molar-refractivity contribution in [1.29, 1.82) is 0 Å². The van der Waals surface area contributed by atoms with Gasteiger partial charge in [-0.3, -0.25) is 9.69 Å². The zero-order valence-corrected chi connectivity index (χ0v) is 15.0. The molecular formula is C19H21ClN2O3. The molecule has 0 saturated carbocycles. The van der Waals surface area contributed by atoms with Crippen LogP contribution in [0.15, 0.2) is 42.5 Å². The number of amides is 1. The third-order valence-electron chi connectivity index (χ3n) is 4.17. The Labute approximate surface area is 152 Å². The Balaban J connectivity index is 1.62. The number of benzene rings is 2. The second kappa shape index (κ2) is 7.76. The molecule has 3 rings (SSSR count). The number of nitrogens with zero attached hydrogens (tertiary/aromatic N) is 1. The predicted molar refractivity (Wildman–Crippen MR) is 98.4 cm³/mol. The summed E-state index contributed by atoms with van der Waals surface area (Å²) in [4.78, 5) is 14.5. The van der Waals surface area contributed by atoms with Crippen LogP contribution in [0.2, 0.25) is 5.02 Å². The summed E-state index contributed by atoms with van der Waals surface area (Å²) in [6.07, 6.45) is 0. The van der Waals surface area contributed by atoms with Crippen LogP contribution in [0.5, 0.6) is 11.5 Å². The average molecular weight is 361 g/mol. The third-order valence-corrected chi connectivity index (χ3v) is 4.41. The number of ether oxygens (including phenoxy) is 2. The fraction of sp³-hybridized carbons (Fsp3) is 0.316. The highest BCUT2D eigenvalue weighted by Crippen LogP contribution is 2.32. The number of carbonyl (C=O) groups excluding carboxylic acids is 1. The maximum atomic E-state index is 12.5. The number of hydrogen-bond donors (Lipinski definition) is 1. The van der Waals surface area contributed by atoms with Gasteiger partial charge in [-0.1, -0.05) is 23.7 Å². The van der Waals surface area contributed by atoms with Crippen molar-refractivity contribution in [2.75, 3.05) is 25.6 Å². The molecule has 1 N–H and O–H groups in total. The number of carbonyl (C=O) groups is 1. The first-order valence-corrected chi connectivity index (χ1v) is 8.56. The van der Waals surface area contributed by atoms with E-state index in [1.54, 1.807) is 6.07 Å². The van der Waals surface area contributed by atoms with Crippen molar-refractivity contribution in [1.82, 2.24) is 4.90 Å². The first-order chi connectivity index (χ1) is 12.0. The Kier molecular flexibility index (Phi) is 5.46. The van der Waals surface area contributed by atoms with Crippen molar-refractivity contribution in [3.05, 3.63) is 53.1 Å². The van der Waals surface area contributed by atoms with Gasteiger partial charge in [0, 0.05) is 23.3 Å². The predicted octanol–water partition coefficient (Wildman–Crippen LogP) is 3.57. The van der Waals surface area contributed by atoms with Crippen LogP contribution in [-0.2, 0) is 11.3 Å². The molecule has 1 aliphatic heterocycles. The van der Waals surface area contributed by atoms with Gasteiger partial charge < -0.3 is 14.8 Å². The highest BCUT2D eigenvalue weighted by Gasteiger charge is 2.19. The first-order valence-electron chi connectivity index (χ1n) is 8.18. The quantitative estimate of drug-likeness (QED) is 0.885. The number of hydrogen-bond acceptors (Lipinski definition) is 4. The largest absolute Gasteiger partial charge is 0.486 e. The molecule has 1 heterocycles. The molecule has 6 heteroatoms. The first kappa shape index (κ1) is 17.6. The lowest BCUT2D eigenvalue weighted by Crippen LogP contribution is -2.39. The van der Waals surface area contributed by atoms with E-state index in [0.29, 0.717) is 42.0 Å². The smallest absolute Gasteiger partial charge is 0.241 e. The van der Waals surface area contributed by atoms with E-state index in [1.807, 2.05) is 55.3 Å². The second-order valence-electron chi connectivity index (χ2n) is 6.07. The summed E-state index contributed by atoms with van der Waals surface area (Å²) in [6, 6.07) is 12.8. The van der Waals surface area contributed by atoms with E-state index in [4.69, 9.17) is 21.1 Å². The fourth-order valence-corrected chi connectivity index (χ4v) is 2.84. The molecule has 1 amide bonds. The summed E-state index contributed by atoms with van der Waals surface area (Å²) in [5.74, 6) is 1.28. The molecule has 1 atom stereocenters. The maximum absolute atomic E-state index is 12.5. The highest BCUT2D eigenvalue weighted by molar-refractivity contribution is 6.30. The molecule has 2 aromatic rings. The van der Waals surface area contributed by atoms with Gasteiger partial charge in [0.15, 0.2) is 11.5 Å². The van der Waals surface area contributed by atoms with Crippen LogP contribution in [0, 0.1) is 0 Å². The lowest BCUT2D eigenvalue weighted by atomic mass is 10.2. The van der Waals surface area contributed by atoms with Crippen molar-refractivity contribution < 1.29 is 14.3 Å². The summed E-state index contributed by atoms with van der Waals surface area (Å²) in [5.41, 5.74) is 1.76. The van der Waals surface area contributed by atoms with E-state index in [1.165, 1.54) is 0 Å². The molecule has 2 aromatic carbocycles. The molecule has 0 unspecified atom stereocenters. The van der Waals surface area contributed by atoms with Crippen molar-refractivity contribution in [2.45, 2.75) is 19.5 Å².